The van der Waals surface area contributed by atoms with Crippen LogP contribution in [0.3, 0.4) is 0 Å². The second-order valence-electron chi connectivity index (χ2n) is 7.22. The number of carbonyl (C=O) groups is 1. The Morgan fingerprint density at radius 3 is 2.60 bits per heavy atom. The molecule has 4 nitrogen and oxygen atoms in total. The summed E-state index contributed by atoms with van der Waals surface area (Å²) in [6.45, 7) is 5.53. The van der Waals surface area contributed by atoms with Crippen molar-refractivity contribution >= 4 is 40.4 Å². The molecule has 0 saturated carbocycles. The molecule has 0 fully saturated rings. The van der Waals surface area contributed by atoms with Crippen molar-refractivity contribution < 1.29 is 9.53 Å². The first-order valence-corrected chi connectivity index (χ1v) is 9.64. The second-order valence-corrected chi connectivity index (χ2v) is 8.99. The minimum Gasteiger partial charge on any atom is -0.444 e. The van der Waals surface area contributed by atoms with Crippen LogP contribution in [0.5, 0.6) is 0 Å². The third-order valence-corrected chi connectivity index (χ3v) is 5.29. The Kier molecular flexibility index (Phi) is 5.25. The number of benzene rings is 1. The van der Waals surface area contributed by atoms with E-state index < -0.39 is 11.7 Å². The van der Waals surface area contributed by atoms with Gasteiger partial charge in [-0.3, -0.25) is 5.32 Å². The van der Waals surface area contributed by atoms with Crippen LogP contribution >= 0.6 is 22.9 Å². The van der Waals surface area contributed by atoms with Gasteiger partial charge >= 0.3 is 6.09 Å². The Bertz CT molecular complexity index is 750. The van der Waals surface area contributed by atoms with E-state index in [0.717, 1.165) is 22.9 Å². The fourth-order valence-corrected chi connectivity index (χ4v) is 4.33. The van der Waals surface area contributed by atoms with Gasteiger partial charge in [-0.2, -0.15) is 0 Å². The van der Waals surface area contributed by atoms with Crippen molar-refractivity contribution in [3.63, 3.8) is 0 Å². The molecule has 1 aliphatic carbocycles. The molecular weight excluding hydrogens is 356 g/mol. The number of thiophene rings is 1. The van der Waals surface area contributed by atoms with Crippen molar-refractivity contribution in [2.75, 3.05) is 10.6 Å². The maximum absolute atomic E-state index is 11.8. The number of rotatable bonds is 3. The van der Waals surface area contributed by atoms with E-state index in [1.165, 1.54) is 16.9 Å². The molecule has 0 aliphatic heterocycles. The third-order valence-electron chi connectivity index (χ3n) is 3.95. The largest absolute Gasteiger partial charge is 0.444 e. The number of hydrogen-bond donors (Lipinski definition) is 2. The predicted molar refractivity (Wildman–Crippen MR) is 105 cm³/mol. The molecule has 0 spiro atoms. The van der Waals surface area contributed by atoms with Gasteiger partial charge in [-0.25, -0.2) is 4.79 Å². The highest BCUT2D eigenvalue weighted by molar-refractivity contribution is 7.16. The number of halogens is 1. The van der Waals surface area contributed by atoms with Gasteiger partial charge in [0.1, 0.15) is 5.60 Å². The summed E-state index contributed by atoms with van der Waals surface area (Å²) in [7, 11) is 0. The molecule has 0 radical (unpaired) electrons. The van der Waals surface area contributed by atoms with E-state index in [0.29, 0.717) is 5.69 Å². The van der Waals surface area contributed by atoms with Crippen LogP contribution in [-0.4, -0.2) is 11.7 Å². The fourth-order valence-electron chi connectivity index (χ4n) is 2.94. The van der Waals surface area contributed by atoms with Crippen LogP contribution in [0.15, 0.2) is 30.3 Å². The van der Waals surface area contributed by atoms with Gasteiger partial charge in [0.2, 0.25) is 0 Å². The quantitative estimate of drug-likeness (QED) is 0.664. The molecule has 2 aromatic rings. The first kappa shape index (κ1) is 18.1. The SMILES string of the molecule is CC(C)(C)OC(=O)Nc1ccc(NC2CCCc3sc(Cl)cc32)cc1. The normalized spacial score (nSPS) is 16.9. The topological polar surface area (TPSA) is 50.4 Å². The molecule has 1 heterocycles. The summed E-state index contributed by atoms with van der Waals surface area (Å²) in [5.41, 5.74) is 2.54. The Labute approximate surface area is 157 Å². The van der Waals surface area contributed by atoms with Crippen molar-refractivity contribution in [1.82, 2.24) is 0 Å². The van der Waals surface area contributed by atoms with Crippen LogP contribution in [0.1, 0.15) is 50.1 Å². The van der Waals surface area contributed by atoms with Gasteiger partial charge in [0.25, 0.3) is 0 Å². The zero-order valence-electron chi connectivity index (χ0n) is 14.7. The predicted octanol–water partition coefficient (Wildman–Crippen LogP) is 6.24. The van der Waals surface area contributed by atoms with Crippen LogP contribution in [0, 0.1) is 0 Å². The van der Waals surface area contributed by atoms with Gasteiger partial charge < -0.3 is 10.1 Å². The van der Waals surface area contributed by atoms with Crippen LogP contribution in [0.2, 0.25) is 4.34 Å². The number of hydrogen-bond acceptors (Lipinski definition) is 4. The number of aryl methyl sites for hydroxylation is 1. The number of ether oxygens (including phenoxy) is 1. The highest BCUT2D eigenvalue weighted by Crippen LogP contribution is 2.39. The molecule has 1 aromatic carbocycles. The van der Waals surface area contributed by atoms with E-state index in [1.54, 1.807) is 11.3 Å². The summed E-state index contributed by atoms with van der Waals surface area (Å²) in [4.78, 5) is 13.2. The molecule has 1 aliphatic rings. The first-order valence-electron chi connectivity index (χ1n) is 8.45. The van der Waals surface area contributed by atoms with Crippen molar-refractivity contribution in [3.05, 3.63) is 45.1 Å². The molecule has 0 bridgehead atoms. The van der Waals surface area contributed by atoms with Crippen LogP contribution in [0.25, 0.3) is 0 Å². The summed E-state index contributed by atoms with van der Waals surface area (Å²) < 4.78 is 6.11. The lowest BCUT2D eigenvalue weighted by Crippen LogP contribution is -2.27. The van der Waals surface area contributed by atoms with E-state index in [-0.39, 0.29) is 6.04 Å². The Morgan fingerprint density at radius 1 is 1.24 bits per heavy atom. The van der Waals surface area contributed by atoms with Gasteiger partial charge in [-0.15, -0.1) is 11.3 Å². The minimum absolute atomic E-state index is 0.289. The van der Waals surface area contributed by atoms with Crippen LogP contribution in [0.4, 0.5) is 16.2 Å². The first-order chi connectivity index (χ1) is 11.8. The average molecular weight is 379 g/mol. The summed E-state index contributed by atoms with van der Waals surface area (Å²) >= 11 is 7.85. The summed E-state index contributed by atoms with van der Waals surface area (Å²) in [5, 5.41) is 6.32. The molecule has 1 aromatic heterocycles. The maximum atomic E-state index is 11.8. The van der Waals surface area contributed by atoms with E-state index in [1.807, 2.05) is 45.0 Å². The standard InChI is InChI=1S/C19H23ClN2O2S/c1-19(2,3)24-18(23)22-13-9-7-12(8-10-13)21-15-5-4-6-16-14(15)11-17(20)25-16/h7-11,15,21H,4-6H2,1-3H3,(H,22,23). The Hall–Kier alpha value is -1.72. The van der Waals surface area contributed by atoms with Gasteiger partial charge in [0.15, 0.2) is 0 Å². The van der Waals surface area contributed by atoms with Gasteiger partial charge in [-0.05, 0) is 75.9 Å². The average Bonchev–Trinajstić information content (AvgIpc) is 2.88. The molecule has 0 saturated heterocycles. The van der Waals surface area contributed by atoms with Crippen molar-refractivity contribution in [2.45, 2.75) is 51.7 Å². The second kappa shape index (κ2) is 7.26. The smallest absolute Gasteiger partial charge is 0.412 e. The molecule has 134 valence electrons. The Morgan fingerprint density at radius 2 is 1.92 bits per heavy atom. The van der Waals surface area contributed by atoms with Gasteiger partial charge in [-0.1, -0.05) is 11.6 Å². The Balaban J connectivity index is 1.63. The molecule has 25 heavy (non-hydrogen) atoms. The zero-order valence-corrected chi connectivity index (χ0v) is 16.3. The number of anilines is 2. The molecule has 2 N–H and O–H groups in total. The van der Waals surface area contributed by atoms with Crippen molar-refractivity contribution in [3.8, 4) is 0 Å². The van der Waals surface area contributed by atoms with Gasteiger partial charge in [0.05, 0.1) is 10.4 Å². The monoisotopic (exact) mass is 378 g/mol. The number of carbonyl (C=O) groups excluding carboxylic acids is 1. The number of fused-ring (bicyclic) bond motifs is 1. The highest BCUT2D eigenvalue weighted by atomic mass is 35.5. The molecule has 6 heteroatoms. The summed E-state index contributed by atoms with van der Waals surface area (Å²) in [5.74, 6) is 0. The maximum Gasteiger partial charge on any atom is 0.412 e. The summed E-state index contributed by atoms with van der Waals surface area (Å²) in [6, 6.07) is 10.0. The molecule has 1 unspecified atom stereocenters. The van der Waals surface area contributed by atoms with Crippen molar-refractivity contribution in [1.29, 1.82) is 0 Å². The van der Waals surface area contributed by atoms with E-state index >= 15 is 0 Å². The number of amides is 1. The molecule has 1 atom stereocenters. The van der Waals surface area contributed by atoms with E-state index in [2.05, 4.69) is 16.7 Å². The van der Waals surface area contributed by atoms with E-state index in [4.69, 9.17) is 16.3 Å². The minimum atomic E-state index is -0.508. The zero-order chi connectivity index (χ0) is 18.0. The van der Waals surface area contributed by atoms with Crippen LogP contribution in [-0.2, 0) is 11.2 Å². The molecule has 1 amide bonds. The van der Waals surface area contributed by atoms with Crippen molar-refractivity contribution in [2.24, 2.45) is 0 Å². The lowest BCUT2D eigenvalue weighted by molar-refractivity contribution is 0.0636. The molecule has 3 rings (SSSR count). The van der Waals surface area contributed by atoms with E-state index in [9.17, 15) is 4.79 Å². The van der Waals surface area contributed by atoms with Crippen LogP contribution < -0.4 is 10.6 Å². The summed E-state index contributed by atoms with van der Waals surface area (Å²) in [6.07, 6.45) is 2.93. The highest BCUT2D eigenvalue weighted by Gasteiger charge is 2.22. The molecular formula is C19H23ClN2O2S. The third kappa shape index (κ3) is 4.89. The fraction of sp³-hybridized carbons (Fsp3) is 0.421. The lowest BCUT2D eigenvalue weighted by Gasteiger charge is -2.24. The van der Waals surface area contributed by atoms with Gasteiger partial charge in [0, 0.05) is 16.3 Å². The number of nitrogens with one attached hydrogen (secondary N) is 2. The lowest BCUT2D eigenvalue weighted by atomic mass is 9.94.